The van der Waals surface area contributed by atoms with Gasteiger partial charge in [0.05, 0.1) is 12.3 Å². The molecule has 1 aliphatic rings. The molecule has 0 radical (unpaired) electrons. The number of fused-ring (bicyclic) bond motifs is 1. The minimum absolute atomic E-state index is 0. The lowest BCUT2D eigenvalue weighted by molar-refractivity contribution is 0.127. The molecule has 0 fully saturated rings. The monoisotopic (exact) mass is 232 g/mol. The van der Waals surface area contributed by atoms with Crippen molar-refractivity contribution in [2.75, 3.05) is 19.8 Å². The standard InChI is InChI=1S/C9H16N4O.ClH/c1-3-14-6-7-4-10-5-8-9(7)13(2)12-11-8;/h7,10H,3-6H2,1-2H3;1H. The van der Waals surface area contributed by atoms with Crippen LogP contribution < -0.4 is 5.32 Å². The molecule has 0 spiro atoms. The lowest BCUT2D eigenvalue weighted by Crippen LogP contribution is -2.32. The van der Waals surface area contributed by atoms with Gasteiger partial charge >= 0.3 is 0 Å². The summed E-state index contributed by atoms with van der Waals surface area (Å²) < 4.78 is 7.31. The maximum absolute atomic E-state index is 5.45. The minimum Gasteiger partial charge on any atom is -0.381 e. The quantitative estimate of drug-likeness (QED) is 0.823. The van der Waals surface area contributed by atoms with Crippen LogP contribution in [0, 0.1) is 0 Å². The summed E-state index contributed by atoms with van der Waals surface area (Å²) in [6, 6.07) is 0. The minimum atomic E-state index is 0. The maximum Gasteiger partial charge on any atom is 0.100 e. The molecule has 86 valence electrons. The third kappa shape index (κ3) is 2.48. The van der Waals surface area contributed by atoms with Crippen molar-refractivity contribution >= 4 is 12.4 Å². The van der Waals surface area contributed by atoms with E-state index in [1.54, 1.807) is 0 Å². The molecule has 5 nitrogen and oxygen atoms in total. The van der Waals surface area contributed by atoms with Gasteiger partial charge in [0, 0.05) is 32.7 Å². The summed E-state index contributed by atoms with van der Waals surface area (Å²) in [5.74, 6) is 0.388. The van der Waals surface area contributed by atoms with Gasteiger partial charge in [-0.1, -0.05) is 5.21 Å². The van der Waals surface area contributed by atoms with E-state index >= 15 is 0 Å². The van der Waals surface area contributed by atoms with Crippen LogP contribution in [0.5, 0.6) is 0 Å². The molecule has 1 N–H and O–H groups in total. The van der Waals surface area contributed by atoms with Crippen LogP contribution in [0.3, 0.4) is 0 Å². The van der Waals surface area contributed by atoms with Crippen LogP contribution in [-0.4, -0.2) is 34.8 Å². The van der Waals surface area contributed by atoms with Crippen LogP contribution in [0.25, 0.3) is 0 Å². The van der Waals surface area contributed by atoms with Crippen LogP contribution in [0.1, 0.15) is 24.2 Å². The number of hydrogen-bond donors (Lipinski definition) is 1. The summed E-state index contributed by atoms with van der Waals surface area (Å²) in [5.41, 5.74) is 2.28. The number of halogens is 1. The molecule has 2 rings (SSSR count). The molecular weight excluding hydrogens is 216 g/mol. The first-order valence-corrected chi connectivity index (χ1v) is 4.99. The van der Waals surface area contributed by atoms with Crippen LogP contribution in [-0.2, 0) is 18.3 Å². The van der Waals surface area contributed by atoms with Gasteiger partial charge in [-0.2, -0.15) is 0 Å². The summed E-state index contributed by atoms with van der Waals surface area (Å²) in [6.07, 6.45) is 0. The van der Waals surface area contributed by atoms with Crippen LogP contribution in [0.2, 0.25) is 0 Å². The van der Waals surface area contributed by atoms with Crippen molar-refractivity contribution < 1.29 is 4.74 Å². The number of aryl methyl sites for hydroxylation is 1. The highest BCUT2D eigenvalue weighted by atomic mass is 35.5. The smallest absolute Gasteiger partial charge is 0.100 e. The van der Waals surface area contributed by atoms with E-state index < -0.39 is 0 Å². The molecule has 1 aromatic rings. The van der Waals surface area contributed by atoms with Crippen LogP contribution in [0.4, 0.5) is 0 Å². The Labute approximate surface area is 95.6 Å². The van der Waals surface area contributed by atoms with E-state index in [0.29, 0.717) is 5.92 Å². The fourth-order valence-electron chi connectivity index (χ4n) is 1.89. The van der Waals surface area contributed by atoms with Crippen molar-refractivity contribution in [3.8, 4) is 0 Å². The first kappa shape index (κ1) is 12.4. The van der Waals surface area contributed by atoms with Crippen LogP contribution in [0.15, 0.2) is 0 Å². The molecule has 15 heavy (non-hydrogen) atoms. The second kappa shape index (κ2) is 5.44. The molecule has 1 unspecified atom stereocenters. The van der Waals surface area contributed by atoms with E-state index in [-0.39, 0.29) is 12.4 Å². The number of nitrogens with zero attached hydrogens (tertiary/aromatic N) is 3. The fraction of sp³-hybridized carbons (Fsp3) is 0.778. The number of nitrogens with one attached hydrogen (secondary N) is 1. The van der Waals surface area contributed by atoms with Crippen molar-refractivity contribution in [1.82, 2.24) is 20.3 Å². The van der Waals surface area contributed by atoms with E-state index in [0.717, 1.165) is 32.0 Å². The summed E-state index contributed by atoms with van der Waals surface area (Å²) in [5, 5.41) is 11.5. The molecular formula is C9H17ClN4O. The van der Waals surface area contributed by atoms with Gasteiger partial charge in [-0.05, 0) is 6.92 Å². The Balaban J connectivity index is 0.00000112. The number of ether oxygens (including phenoxy) is 1. The van der Waals surface area contributed by atoms with E-state index in [1.165, 1.54) is 5.69 Å². The number of rotatable bonds is 3. The van der Waals surface area contributed by atoms with Crippen molar-refractivity contribution in [2.24, 2.45) is 7.05 Å². The van der Waals surface area contributed by atoms with E-state index in [4.69, 9.17) is 4.74 Å². The van der Waals surface area contributed by atoms with Gasteiger partial charge in [0.1, 0.15) is 5.69 Å². The Hall–Kier alpha value is -0.650. The predicted octanol–water partition coefficient (Wildman–Crippen LogP) is 0.460. The molecule has 1 atom stereocenters. The van der Waals surface area contributed by atoms with E-state index in [2.05, 4.69) is 15.6 Å². The van der Waals surface area contributed by atoms with E-state index in [1.807, 2.05) is 18.7 Å². The molecule has 0 aliphatic carbocycles. The fourth-order valence-corrected chi connectivity index (χ4v) is 1.89. The summed E-state index contributed by atoms with van der Waals surface area (Å²) in [7, 11) is 1.94. The summed E-state index contributed by atoms with van der Waals surface area (Å²) in [4.78, 5) is 0. The van der Waals surface area contributed by atoms with Gasteiger partial charge in [0.25, 0.3) is 0 Å². The molecule has 0 amide bonds. The predicted molar refractivity (Wildman–Crippen MR) is 59.2 cm³/mol. The van der Waals surface area contributed by atoms with Gasteiger partial charge in [-0.15, -0.1) is 17.5 Å². The largest absolute Gasteiger partial charge is 0.381 e. The summed E-state index contributed by atoms with van der Waals surface area (Å²) >= 11 is 0. The van der Waals surface area contributed by atoms with E-state index in [9.17, 15) is 0 Å². The molecule has 1 aliphatic heterocycles. The second-order valence-corrected chi connectivity index (χ2v) is 3.53. The highest BCUT2D eigenvalue weighted by molar-refractivity contribution is 5.85. The Kier molecular flexibility index (Phi) is 4.50. The van der Waals surface area contributed by atoms with Gasteiger partial charge in [-0.3, -0.25) is 4.68 Å². The Morgan fingerprint density at radius 2 is 2.40 bits per heavy atom. The van der Waals surface area contributed by atoms with Crippen molar-refractivity contribution in [3.63, 3.8) is 0 Å². The number of hydrogen-bond acceptors (Lipinski definition) is 4. The SMILES string of the molecule is CCOCC1CNCc2nnn(C)c21.Cl. The molecule has 2 heterocycles. The topological polar surface area (TPSA) is 52.0 Å². The maximum atomic E-state index is 5.45. The highest BCUT2D eigenvalue weighted by Crippen LogP contribution is 2.21. The summed E-state index contributed by atoms with van der Waals surface area (Å²) in [6.45, 7) is 5.30. The molecule has 0 aromatic carbocycles. The first-order valence-electron chi connectivity index (χ1n) is 4.99. The highest BCUT2D eigenvalue weighted by Gasteiger charge is 2.24. The molecule has 0 saturated heterocycles. The normalized spacial score (nSPS) is 19.5. The van der Waals surface area contributed by atoms with Crippen molar-refractivity contribution in [3.05, 3.63) is 11.4 Å². The average Bonchev–Trinajstić information content (AvgIpc) is 2.58. The molecule has 0 saturated carbocycles. The van der Waals surface area contributed by atoms with Gasteiger partial charge in [0.15, 0.2) is 0 Å². The Bertz CT molecular complexity index is 315. The molecule has 0 bridgehead atoms. The van der Waals surface area contributed by atoms with Crippen molar-refractivity contribution in [2.45, 2.75) is 19.4 Å². The molecule has 6 heteroatoms. The lowest BCUT2D eigenvalue weighted by atomic mass is 10.0. The van der Waals surface area contributed by atoms with Crippen molar-refractivity contribution in [1.29, 1.82) is 0 Å². The average molecular weight is 233 g/mol. The first-order chi connectivity index (χ1) is 6.83. The zero-order valence-electron chi connectivity index (χ0n) is 9.06. The third-order valence-electron chi connectivity index (χ3n) is 2.54. The lowest BCUT2D eigenvalue weighted by Gasteiger charge is -2.22. The Morgan fingerprint density at radius 3 is 3.13 bits per heavy atom. The van der Waals surface area contributed by atoms with Gasteiger partial charge < -0.3 is 10.1 Å². The zero-order chi connectivity index (χ0) is 9.97. The molecule has 1 aromatic heterocycles. The van der Waals surface area contributed by atoms with Gasteiger partial charge in [0.2, 0.25) is 0 Å². The number of aromatic nitrogens is 3. The third-order valence-corrected chi connectivity index (χ3v) is 2.54. The van der Waals surface area contributed by atoms with Gasteiger partial charge in [-0.25, -0.2) is 0 Å². The second-order valence-electron chi connectivity index (χ2n) is 3.53. The zero-order valence-corrected chi connectivity index (χ0v) is 9.88. The Morgan fingerprint density at radius 1 is 1.60 bits per heavy atom. The van der Waals surface area contributed by atoms with Crippen LogP contribution >= 0.6 is 12.4 Å².